The number of ether oxygens (including phenoxy) is 2. The molecule has 0 spiro atoms. The van der Waals surface area contributed by atoms with Gasteiger partial charge in [0.25, 0.3) is 0 Å². The lowest BCUT2D eigenvalue weighted by molar-refractivity contribution is -0.129. The second-order valence-electron chi connectivity index (χ2n) is 24.7. The highest BCUT2D eigenvalue weighted by Crippen LogP contribution is 2.53. The summed E-state index contributed by atoms with van der Waals surface area (Å²) < 4.78 is 159. The number of rotatable bonds is 22. The Balaban J connectivity index is 1.76. The predicted molar refractivity (Wildman–Crippen MR) is 279 cm³/mol. The molecule has 1 unspecified atom stereocenters. The van der Waals surface area contributed by atoms with E-state index in [0.29, 0.717) is 32.3 Å². The zero-order valence-electron chi connectivity index (χ0n) is 44.1. The molecule has 38 heteroatoms. The normalized spacial score (nSPS) is 38.6. The Morgan fingerprint density at radius 1 is 0.328 bits per heavy atom. The van der Waals surface area contributed by atoms with E-state index in [2.05, 4.69) is 0 Å². The molecule has 0 amide bonds. The fraction of sp³-hybridized carbons (Fsp3) is 1.00. The van der Waals surface area contributed by atoms with E-state index < -0.39 is 139 Å². The van der Waals surface area contributed by atoms with Crippen molar-refractivity contribution in [3.63, 3.8) is 0 Å². The van der Waals surface area contributed by atoms with E-state index in [9.17, 15) is 0 Å². The van der Waals surface area contributed by atoms with Crippen LogP contribution in [0.4, 0.5) is 0 Å². The minimum absolute atomic E-state index is 0.129. The Hall–Kier alpha value is 2.59. The predicted octanol–water partition coefficient (Wildman–Crippen LogP) is 6.73. The zero-order chi connectivity index (χ0) is 50.7. The summed E-state index contributed by atoms with van der Waals surface area (Å²) in [6, 6.07) is 0.564. The van der Waals surface area contributed by atoms with E-state index in [4.69, 9.17) is 91.8 Å². The molecule has 0 aromatic rings. The van der Waals surface area contributed by atoms with E-state index >= 15 is 0 Å². The minimum Gasteiger partial charge on any atom is -0.396 e. The lowest BCUT2D eigenvalue weighted by Gasteiger charge is -2.60. The molecule has 7 rings (SSSR count). The molecule has 0 aliphatic carbocycles. The molecule has 22 nitrogen and oxygen atoms in total. The van der Waals surface area contributed by atoms with Crippen LogP contribution in [0, 0.1) is 0 Å². The van der Waals surface area contributed by atoms with Crippen molar-refractivity contribution in [3.8, 4) is 0 Å². The molecule has 0 N–H and O–H groups in total. The summed E-state index contributed by atoms with van der Waals surface area (Å²) in [6.45, 7) is 46.9. The van der Waals surface area contributed by atoms with Crippen molar-refractivity contribution in [2.75, 3.05) is 19.8 Å². The number of hydrogen-bond acceptors (Lipinski definition) is 22. The Morgan fingerprint density at radius 2 is 0.522 bits per heavy atom. The fourth-order valence-corrected chi connectivity index (χ4v) is 72.6. The maximum atomic E-state index is 7.53. The van der Waals surface area contributed by atoms with Gasteiger partial charge in [0.15, 0.2) is 66.5 Å². The summed E-state index contributed by atoms with van der Waals surface area (Å²) >= 11 is 0. The van der Waals surface area contributed by atoms with Crippen LogP contribution in [-0.2, 0) is 91.8 Å². The van der Waals surface area contributed by atoms with Gasteiger partial charge in [-0.2, -0.15) is 0 Å². The van der Waals surface area contributed by atoms with Gasteiger partial charge in [0, 0.05) is 6.61 Å². The van der Waals surface area contributed by atoms with Gasteiger partial charge in [-0.05, 0) is 163 Å². The molecular formula is C29H80O22Si16. The Labute approximate surface area is 416 Å². The van der Waals surface area contributed by atoms with Gasteiger partial charge in [0.1, 0.15) is 6.10 Å². The van der Waals surface area contributed by atoms with Gasteiger partial charge < -0.3 is 91.8 Å². The topological polar surface area (TPSA) is 206 Å². The zero-order valence-corrected chi connectivity index (χ0v) is 60.1. The smallest absolute Gasteiger partial charge is 0.396 e. The van der Waals surface area contributed by atoms with Crippen molar-refractivity contribution in [3.05, 3.63) is 0 Å². The summed E-state index contributed by atoms with van der Waals surface area (Å²) in [5.41, 5.74) is 0. The molecule has 0 saturated carbocycles. The van der Waals surface area contributed by atoms with Crippen LogP contribution in [-0.4, -0.2) is 165 Å². The fourth-order valence-electron chi connectivity index (χ4n) is 6.83. The highest BCUT2D eigenvalue weighted by Gasteiger charge is 2.92. The summed E-state index contributed by atoms with van der Waals surface area (Å²) in [4.78, 5) is 0. The molecule has 0 aromatic heterocycles. The van der Waals surface area contributed by atoms with Gasteiger partial charge >= 0.3 is 72.4 Å². The third-order valence-corrected chi connectivity index (χ3v) is 61.1. The van der Waals surface area contributed by atoms with Crippen LogP contribution in [0.3, 0.4) is 0 Å². The molecule has 0 aromatic carbocycles. The van der Waals surface area contributed by atoms with Gasteiger partial charge in [0.05, 0.1) is 13.2 Å². The van der Waals surface area contributed by atoms with Crippen LogP contribution < -0.4 is 0 Å². The second-order valence-corrected chi connectivity index (χ2v) is 82.6. The van der Waals surface area contributed by atoms with Crippen LogP contribution in [0.2, 0.25) is 157 Å². The minimum atomic E-state index is -5.13. The average Bonchev–Trinajstić information content (AvgIpc) is 3.74. The third-order valence-electron chi connectivity index (χ3n) is 8.19. The average molecular weight is 1230 g/mol. The third kappa shape index (κ3) is 16.8. The summed E-state index contributed by atoms with van der Waals surface area (Å²) in [6.07, 6.45) is 0.767. The van der Waals surface area contributed by atoms with Gasteiger partial charge in [-0.15, -0.1) is 0 Å². The maximum absolute atomic E-state index is 7.53. The molecule has 1 atom stereocenters. The Bertz CT molecular complexity index is 1600. The summed E-state index contributed by atoms with van der Waals surface area (Å²) in [5.74, 6) is 0. The first-order chi connectivity index (χ1) is 29.7. The first kappa shape index (κ1) is 58.8. The monoisotopic (exact) mass is 1230 g/mol. The van der Waals surface area contributed by atoms with Crippen molar-refractivity contribution in [1.82, 2.24) is 0 Å². The van der Waals surface area contributed by atoms with Gasteiger partial charge in [0.2, 0.25) is 0 Å². The summed E-state index contributed by atoms with van der Waals surface area (Å²) in [5, 5.41) is 0. The highest BCUT2D eigenvalue weighted by molar-refractivity contribution is 7.04. The van der Waals surface area contributed by atoms with Crippen LogP contribution in [0.15, 0.2) is 0 Å². The van der Waals surface area contributed by atoms with E-state index in [-0.39, 0.29) is 6.10 Å². The molecule has 392 valence electrons. The quantitative estimate of drug-likeness (QED) is 0.0626. The van der Waals surface area contributed by atoms with Crippen molar-refractivity contribution in [2.24, 2.45) is 0 Å². The lowest BCUT2D eigenvalue weighted by Crippen LogP contribution is -2.93. The molecule has 7 heterocycles. The van der Waals surface area contributed by atoms with Crippen LogP contribution >= 0.6 is 0 Å². The van der Waals surface area contributed by atoms with E-state index in [1.807, 2.05) is 151 Å². The Kier molecular flexibility index (Phi) is 16.6. The lowest BCUT2D eigenvalue weighted by atomic mass is 10.5. The van der Waals surface area contributed by atoms with E-state index in [1.54, 1.807) is 0 Å². The number of hydrogen-bond donors (Lipinski definition) is 0. The molecule has 7 aliphatic heterocycles. The Morgan fingerprint density at radius 3 is 0.701 bits per heavy atom. The largest absolute Gasteiger partial charge is 0.651 e. The second kappa shape index (κ2) is 19.0. The van der Waals surface area contributed by atoms with Crippen LogP contribution in [0.1, 0.15) is 6.42 Å². The van der Waals surface area contributed by atoms with Crippen molar-refractivity contribution >= 4 is 139 Å². The summed E-state index contributed by atoms with van der Waals surface area (Å²) in [7, 11) is -63.8. The molecular weight excluding hydrogens is 1150 g/mol. The van der Waals surface area contributed by atoms with Gasteiger partial charge in [-0.3, -0.25) is 0 Å². The van der Waals surface area contributed by atoms with Crippen LogP contribution in [0.25, 0.3) is 0 Å². The molecule has 8 bridgehead atoms. The molecule has 7 saturated heterocycles. The van der Waals surface area contributed by atoms with E-state index in [1.165, 1.54) is 0 Å². The standard InChI is InChI=1S/C29H80O22Si16/c1-52(2,3)32-60-40-61(33-53(4,5)6)43-64(36-56(13,14)15)45-62(41-60,34-54(7,8)9)47-66(38-58(19,20)21)48-63(42-60,35-55(10,11)12)46-65(44-61,37-57(16,17)18)50-67(49-64,51-66)39-59(22,23)26-24-25-30-27-29-28-31-29/h29H,24-28H2,1-23H3. The van der Waals surface area contributed by atoms with Gasteiger partial charge in [-0.1, -0.05) is 0 Å². The first-order valence-corrected chi connectivity index (χ1v) is 63.0. The molecule has 67 heavy (non-hydrogen) atoms. The van der Waals surface area contributed by atoms with Crippen molar-refractivity contribution < 1.29 is 91.8 Å². The molecule has 0 radical (unpaired) electrons. The maximum Gasteiger partial charge on any atom is 0.651 e. The number of epoxide rings is 1. The first-order valence-electron chi connectivity index (χ1n) is 22.9. The van der Waals surface area contributed by atoms with Crippen molar-refractivity contribution in [2.45, 2.75) is 169 Å². The van der Waals surface area contributed by atoms with E-state index in [0.717, 1.165) is 0 Å². The van der Waals surface area contributed by atoms with Gasteiger partial charge in [-0.25, -0.2) is 0 Å². The van der Waals surface area contributed by atoms with Crippen LogP contribution in [0.5, 0.6) is 0 Å². The molecule has 7 fully saturated rings. The molecule has 7 aliphatic rings. The SMILES string of the molecule is C[Si](C)(C)O[Si]12O[Si]3(O[Si](C)(C)C)O[Si]4(O[Si](C)(C)C)O[Si](O[Si](C)(C)C)(O1)O[Si]1(O[Si](C)(C)C)O[Si](O[Si](C)(C)C)(O2)O[Si](O[Si](C)(C)C)(O3)O[Si](O[Si](C)(C)CCCOCC2CO2)(O4)O1. The van der Waals surface area contributed by atoms with Crippen molar-refractivity contribution in [1.29, 1.82) is 0 Å². The highest BCUT2D eigenvalue weighted by atomic mass is 28.7.